The standard InChI is InChI=1S/C15H27NO3/c1-12(2)16-9-13-8-14(18-10-13)11-17-6-7-19-15(3,4)5/h8,10,12,16H,6-7,9,11H2,1-5H3. The van der Waals surface area contributed by atoms with Crippen molar-refractivity contribution in [2.45, 2.75) is 59.4 Å². The van der Waals surface area contributed by atoms with Gasteiger partial charge in [-0.1, -0.05) is 13.8 Å². The molecule has 0 radical (unpaired) electrons. The molecule has 19 heavy (non-hydrogen) atoms. The molecular formula is C15H27NO3. The van der Waals surface area contributed by atoms with Crippen LogP contribution in [0.4, 0.5) is 0 Å². The summed E-state index contributed by atoms with van der Waals surface area (Å²) in [6, 6.07) is 2.50. The molecule has 0 atom stereocenters. The Hall–Kier alpha value is -0.840. The van der Waals surface area contributed by atoms with E-state index in [1.165, 1.54) is 0 Å². The van der Waals surface area contributed by atoms with E-state index in [4.69, 9.17) is 13.9 Å². The molecule has 0 aliphatic heterocycles. The van der Waals surface area contributed by atoms with Gasteiger partial charge in [-0.25, -0.2) is 0 Å². The third-order valence-electron chi connectivity index (χ3n) is 2.43. The molecule has 0 saturated heterocycles. The molecule has 0 aliphatic carbocycles. The van der Waals surface area contributed by atoms with E-state index in [1.54, 1.807) is 6.26 Å². The van der Waals surface area contributed by atoms with Crippen LogP contribution in [0.25, 0.3) is 0 Å². The maximum Gasteiger partial charge on any atom is 0.129 e. The second-order valence-electron chi connectivity index (χ2n) is 5.97. The smallest absolute Gasteiger partial charge is 0.129 e. The molecule has 0 fully saturated rings. The summed E-state index contributed by atoms with van der Waals surface area (Å²) >= 11 is 0. The van der Waals surface area contributed by atoms with Gasteiger partial charge in [-0.2, -0.15) is 0 Å². The number of furan rings is 1. The van der Waals surface area contributed by atoms with Gasteiger partial charge < -0.3 is 19.2 Å². The molecule has 0 saturated carbocycles. The highest BCUT2D eigenvalue weighted by atomic mass is 16.5. The normalized spacial score (nSPS) is 12.3. The zero-order chi connectivity index (χ0) is 14.3. The van der Waals surface area contributed by atoms with Gasteiger partial charge in [-0.05, 0) is 26.8 Å². The highest BCUT2D eigenvalue weighted by Gasteiger charge is 2.09. The molecular weight excluding hydrogens is 242 g/mol. The van der Waals surface area contributed by atoms with Crippen molar-refractivity contribution in [1.82, 2.24) is 5.32 Å². The Morgan fingerprint density at radius 1 is 1.26 bits per heavy atom. The average Bonchev–Trinajstić information content (AvgIpc) is 2.72. The van der Waals surface area contributed by atoms with Crippen molar-refractivity contribution in [3.63, 3.8) is 0 Å². The lowest BCUT2D eigenvalue weighted by molar-refractivity contribution is -0.0394. The van der Waals surface area contributed by atoms with E-state index in [0.717, 1.165) is 17.9 Å². The van der Waals surface area contributed by atoms with E-state index in [-0.39, 0.29) is 5.60 Å². The quantitative estimate of drug-likeness (QED) is 0.736. The summed E-state index contributed by atoms with van der Waals surface area (Å²) in [7, 11) is 0. The van der Waals surface area contributed by atoms with Gasteiger partial charge in [-0.15, -0.1) is 0 Å². The molecule has 0 bridgehead atoms. The zero-order valence-corrected chi connectivity index (χ0v) is 12.8. The topological polar surface area (TPSA) is 43.6 Å². The van der Waals surface area contributed by atoms with E-state index < -0.39 is 0 Å². The minimum Gasteiger partial charge on any atom is -0.467 e. The summed E-state index contributed by atoms with van der Waals surface area (Å²) in [5, 5.41) is 3.35. The van der Waals surface area contributed by atoms with Crippen molar-refractivity contribution in [3.8, 4) is 0 Å². The summed E-state index contributed by atoms with van der Waals surface area (Å²) in [5.74, 6) is 0.858. The molecule has 1 aromatic heterocycles. The molecule has 0 amide bonds. The lowest BCUT2D eigenvalue weighted by atomic mass is 10.2. The van der Waals surface area contributed by atoms with Gasteiger partial charge in [0.15, 0.2) is 0 Å². The van der Waals surface area contributed by atoms with Gasteiger partial charge in [-0.3, -0.25) is 0 Å². The molecule has 1 rings (SSSR count). The Kier molecular flexibility index (Phi) is 6.55. The molecule has 0 spiro atoms. The second kappa shape index (κ2) is 7.68. The Morgan fingerprint density at radius 3 is 2.63 bits per heavy atom. The lowest BCUT2D eigenvalue weighted by Crippen LogP contribution is -2.21. The first-order valence-corrected chi connectivity index (χ1v) is 6.88. The van der Waals surface area contributed by atoms with E-state index >= 15 is 0 Å². The highest BCUT2D eigenvalue weighted by molar-refractivity contribution is 5.12. The SMILES string of the molecule is CC(C)NCc1coc(COCCOC(C)(C)C)c1. The predicted molar refractivity (Wildman–Crippen MR) is 76.0 cm³/mol. The van der Waals surface area contributed by atoms with Crippen LogP contribution < -0.4 is 5.32 Å². The summed E-state index contributed by atoms with van der Waals surface area (Å²) in [6.07, 6.45) is 1.78. The van der Waals surface area contributed by atoms with Crippen LogP contribution >= 0.6 is 0 Å². The summed E-state index contributed by atoms with van der Waals surface area (Å²) in [6.45, 7) is 12.9. The van der Waals surface area contributed by atoms with E-state index in [0.29, 0.717) is 25.9 Å². The van der Waals surface area contributed by atoms with Crippen molar-refractivity contribution in [3.05, 3.63) is 23.7 Å². The van der Waals surface area contributed by atoms with Crippen LogP contribution in [0.1, 0.15) is 45.9 Å². The van der Waals surface area contributed by atoms with Crippen molar-refractivity contribution in [1.29, 1.82) is 0 Å². The molecule has 1 heterocycles. The van der Waals surface area contributed by atoms with Gasteiger partial charge in [0, 0.05) is 18.2 Å². The second-order valence-corrected chi connectivity index (χ2v) is 5.97. The molecule has 0 aromatic carbocycles. The Balaban J connectivity index is 2.16. The van der Waals surface area contributed by atoms with E-state index in [1.807, 2.05) is 26.8 Å². The third kappa shape index (κ3) is 8.03. The minimum atomic E-state index is -0.107. The summed E-state index contributed by atoms with van der Waals surface area (Å²) in [4.78, 5) is 0. The van der Waals surface area contributed by atoms with Crippen LogP contribution in [0.2, 0.25) is 0 Å². The summed E-state index contributed by atoms with van der Waals surface area (Å²) in [5.41, 5.74) is 1.04. The molecule has 0 unspecified atom stereocenters. The fourth-order valence-corrected chi connectivity index (χ4v) is 1.50. The minimum absolute atomic E-state index is 0.107. The van der Waals surface area contributed by atoms with Crippen molar-refractivity contribution in [2.24, 2.45) is 0 Å². The third-order valence-corrected chi connectivity index (χ3v) is 2.43. The van der Waals surface area contributed by atoms with E-state index in [9.17, 15) is 0 Å². The molecule has 4 heteroatoms. The van der Waals surface area contributed by atoms with Crippen LogP contribution in [-0.4, -0.2) is 24.9 Å². The number of hydrogen-bond donors (Lipinski definition) is 1. The Bertz CT molecular complexity index is 353. The largest absolute Gasteiger partial charge is 0.467 e. The Morgan fingerprint density at radius 2 is 2.00 bits per heavy atom. The van der Waals surface area contributed by atoms with Crippen molar-refractivity contribution in [2.75, 3.05) is 13.2 Å². The van der Waals surface area contributed by atoms with Crippen LogP contribution in [0.5, 0.6) is 0 Å². The molecule has 110 valence electrons. The maximum atomic E-state index is 5.57. The highest BCUT2D eigenvalue weighted by Crippen LogP contribution is 2.10. The number of nitrogens with one attached hydrogen (secondary N) is 1. The van der Waals surface area contributed by atoms with Crippen molar-refractivity contribution < 1.29 is 13.9 Å². The van der Waals surface area contributed by atoms with Crippen LogP contribution in [0.3, 0.4) is 0 Å². The fraction of sp³-hybridized carbons (Fsp3) is 0.733. The average molecular weight is 269 g/mol. The zero-order valence-electron chi connectivity index (χ0n) is 12.8. The van der Waals surface area contributed by atoms with Crippen LogP contribution in [0.15, 0.2) is 16.7 Å². The molecule has 4 nitrogen and oxygen atoms in total. The number of hydrogen-bond acceptors (Lipinski definition) is 4. The predicted octanol–water partition coefficient (Wildman–Crippen LogP) is 3.11. The maximum absolute atomic E-state index is 5.57. The summed E-state index contributed by atoms with van der Waals surface area (Å²) < 4.78 is 16.5. The van der Waals surface area contributed by atoms with Gasteiger partial charge in [0.25, 0.3) is 0 Å². The van der Waals surface area contributed by atoms with Crippen molar-refractivity contribution >= 4 is 0 Å². The number of rotatable bonds is 8. The molecule has 1 N–H and O–H groups in total. The van der Waals surface area contributed by atoms with Crippen LogP contribution in [0, 0.1) is 0 Å². The van der Waals surface area contributed by atoms with Gasteiger partial charge in [0.05, 0.1) is 25.1 Å². The number of ether oxygens (including phenoxy) is 2. The fourth-order valence-electron chi connectivity index (χ4n) is 1.50. The van der Waals surface area contributed by atoms with Gasteiger partial charge in [0.1, 0.15) is 12.4 Å². The first-order valence-electron chi connectivity index (χ1n) is 6.88. The first kappa shape index (κ1) is 16.2. The lowest BCUT2D eigenvalue weighted by Gasteiger charge is -2.19. The Labute approximate surface area is 116 Å². The first-order chi connectivity index (χ1) is 8.87. The van der Waals surface area contributed by atoms with Crippen LogP contribution in [-0.2, 0) is 22.6 Å². The molecule has 1 aromatic rings. The van der Waals surface area contributed by atoms with E-state index in [2.05, 4.69) is 19.2 Å². The monoisotopic (exact) mass is 269 g/mol. The van der Waals surface area contributed by atoms with Gasteiger partial charge in [0.2, 0.25) is 0 Å². The van der Waals surface area contributed by atoms with Gasteiger partial charge >= 0.3 is 0 Å². The molecule has 0 aliphatic rings.